The summed E-state index contributed by atoms with van der Waals surface area (Å²) in [4.78, 5) is 4.00. The zero-order chi connectivity index (χ0) is 9.84. The van der Waals surface area contributed by atoms with Gasteiger partial charge in [-0.1, -0.05) is 0 Å². The van der Waals surface area contributed by atoms with Crippen LogP contribution in [0.1, 0.15) is 11.4 Å². The first-order chi connectivity index (χ1) is 6.22. The lowest BCUT2D eigenvalue weighted by molar-refractivity contribution is 0.352. The van der Waals surface area contributed by atoms with Crippen LogP contribution in [-0.2, 0) is 0 Å². The van der Waals surface area contributed by atoms with E-state index in [4.69, 9.17) is 14.7 Å². The quantitative estimate of drug-likeness (QED) is 0.684. The number of nitrogens with zero attached hydrogens (tertiary/aromatic N) is 2. The van der Waals surface area contributed by atoms with Gasteiger partial charge in [0.05, 0.1) is 14.2 Å². The minimum Gasteiger partial charge on any atom is -0.493 e. The van der Waals surface area contributed by atoms with Crippen LogP contribution in [0.3, 0.4) is 0 Å². The van der Waals surface area contributed by atoms with E-state index in [2.05, 4.69) is 4.98 Å². The molecule has 1 heterocycles. The van der Waals surface area contributed by atoms with Crippen LogP contribution < -0.4 is 9.47 Å². The summed E-state index contributed by atoms with van der Waals surface area (Å²) in [7, 11) is 3.01. The fourth-order valence-electron chi connectivity index (χ4n) is 1.06. The first-order valence-electron chi connectivity index (χ1n) is 3.72. The van der Waals surface area contributed by atoms with E-state index >= 15 is 0 Å². The van der Waals surface area contributed by atoms with Crippen LogP contribution in [0, 0.1) is 18.3 Å². The van der Waals surface area contributed by atoms with E-state index in [1.54, 1.807) is 13.0 Å². The Labute approximate surface area is 76.7 Å². The van der Waals surface area contributed by atoms with Crippen LogP contribution in [-0.4, -0.2) is 19.2 Å². The Kier molecular flexibility index (Phi) is 2.70. The van der Waals surface area contributed by atoms with Crippen molar-refractivity contribution in [3.8, 4) is 17.6 Å². The number of ether oxygens (including phenoxy) is 2. The van der Waals surface area contributed by atoms with Crippen molar-refractivity contribution < 1.29 is 9.47 Å². The molecule has 0 aliphatic heterocycles. The standard InChI is InChI=1S/C9H10N2O2/c1-6-4-8(12-2)9(13-3)7(5-10)11-6/h4H,1-3H3. The summed E-state index contributed by atoms with van der Waals surface area (Å²) in [6.45, 7) is 1.79. The van der Waals surface area contributed by atoms with Crippen LogP contribution in [0.2, 0.25) is 0 Å². The summed E-state index contributed by atoms with van der Waals surface area (Å²) < 4.78 is 10.0. The van der Waals surface area contributed by atoms with E-state index in [0.29, 0.717) is 11.5 Å². The average Bonchev–Trinajstić information content (AvgIpc) is 2.16. The third-order valence-corrected chi connectivity index (χ3v) is 1.60. The van der Waals surface area contributed by atoms with Gasteiger partial charge in [0.15, 0.2) is 17.2 Å². The molecule has 0 N–H and O–H groups in total. The number of nitriles is 1. The summed E-state index contributed by atoms with van der Waals surface area (Å²) in [5.41, 5.74) is 0.980. The van der Waals surface area contributed by atoms with E-state index in [-0.39, 0.29) is 5.69 Å². The number of rotatable bonds is 2. The van der Waals surface area contributed by atoms with Crippen molar-refractivity contribution in [2.75, 3.05) is 14.2 Å². The SMILES string of the molecule is COc1cc(C)nc(C#N)c1OC. The zero-order valence-electron chi connectivity index (χ0n) is 7.79. The molecule has 0 saturated carbocycles. The Hall–Kier alpha value is -1.76. The molecule has 0 fully saturated rings. The molecule has 1 aromatic rings. The number of aromatic nitrogens is 1. The Morgan fingerprint density at radius 2 is 2.08 bits per heavy atom. The molecular formula is C9H10N2O2. The van der Waals surface area contributed by atoms with Crippen LogP contribution in [0.15, 0.2) is 6.07 Å². The number of aryl methyl sites for hydroxylation is 1. The molecular weight excluding hydrogens is 168 g/mol. The van der Waals surface area contributed by atoms with Crippen molar-refractivity contribution in [2.45, 2.75) is 6.92 Å². The summed E-state index contributed by atoms with van der Waals surface area (Å²) >= 11 is 0. The predicted octanol–water partition coefficient (Wildman–Crippen LogP) is 1.28. The molecule has 4 nitrogen and oxygen atoms in total. The lowest BCUT2D eigenvalue weighted by Gasteiger charge is -2.08. The fraction of sp³-hybridized carbons (Fsp3) is 0.333. The van der Waals surface area contributed by atoms with Gasteiger partial charge in [0.25, 0.3) is 0 Å². The second-order valence-corrected chi connectivity index (χ2v) is 2.46. The van der Waals surface area contributed by atoms with Gasteiger partial charge in [0.2, 0.25) is 0 Å². The normalized spacial score (nSPS) is 9.08. The largest absolute Gasteiger partial charge is 0.493 e. The second-order valence-electron chi connectivity index (χ2n) is 2.46. The highest BCUT2D eigenvalue weighted by atomic mass is 16.5. The fourth-order valence-corrected chi connectivity index (χ4v) is 1.06. The number of hydrogen-bond acceptors (Lipinski definition) is 4. The van der Waals surface area contributed by atoms with Gasteiger partial charge in [-0.25, -0.2) is 4.98 Å². The highest BCUT2D eigenvalue weighted by Gasteiger charge is 2.11. The predicted molar refractivity (Wildman–Crippen MR) is 46.8 cm³/mol. The molecule has 0 aliphatic carbocycles. The van der Waals surface area contributed by atoms with Gasteiger partial charge in [-0.3, -0.25) is 0 Å². The van der Waals surface area contributed by atoms with E-state index in [1.807, 2.05) is 6.07 Å². The van der Waals surface area contributed by atoms with Gasteiger partial charge < -0.3 is 9.47 Å². The number of pyridine rings is 1. The lowest BCUT2D eigenvalue weighted by Crippen LogP contribution is -1.97. The molecule has 68 valence electrons. The molecule has 0 saturated heterocycles. The Morgan fingerprint density at radius 1 is 1.38 bits per heavy atom. The van der Waals surface area contributed by atoms with Crippen LogP contribution >= 0.6 is 0 Å². The minimum absolute atomic E-state index is 0.249. The van der Waals surface area contributed by atoms with Gasteiger partial charge in [-0.2, -0.15) is 5.26 Å². The van der Waals surface area contributed by atoms with E-state index < -0.39 is 0 Å². The van der Waals surface area contributed by atoms with Gasteiger partial charge in [-0.15, -0.1) is 0 Å². The molecule has 0 spiro atoms. The minimum atomic E-state index is 0.249. The van der Waals surface area contributed by atoms with E-state index in [9.17, 15) is 0 Å². The maximum atomic E-state index is 8.75. The third kappa shape index (κ3) is 1.70. The van der Waals surface area contributed by atoms with E-state index in [1.165, 1.54) is 14.2 Å². The molecule has 0 aliphatic rings. The molecule has 0 amide bonds. The first-order valence-corrected chi connectivity index (χ1v) is 3.72. The summed E-state index contributed by atoms with van der Waals surface area (Å²) in [5.74, 6) is 0.919. The van der Waals surface area contributed by atoms with Crippen LogP contribution in [0.25, 0.3) is 0 Å². The molecule has 0 radical (unpaired) electrons. The number of hydrogen-bond donors (Lipinski definition) is 0. The van der Waals surface area contributed by atoms with Gasteiger partial charge in [0, 0.05) is 11.8 Å². The molecule has 4 heteroatoms. The van der Waals surface area contributed by atoms with Crippen molar-refractivity contribution in [1.29, 1.82) is 5.26 Å². The maximum absolute atomic E-state index is 8.75. The highest BCUT2D eigenvalue weighted by molar-refractivity contribution is 5.49. The Balaban J connectivity index is 3.36. The summed E-state index contributed by atoms with van der Waals surface area (Å²) in [6, 6.07) is 3.67. The highest BCUT2D eigenvalue weighted by Crippen LogP contribution is 2.29. The molecule has 0 aromatic carbocycles. The Morgan fingerprint density at radius 3 is 2.54 bits per heavy atom. The molecule has 1 aromatic heterocycles. The molecule has 0 bridgehead atoms. The first kappa shape index (κ1) is 9.33. The Bertz CT molecular complexity index is 355. The lowest BCUT2D eigenvalue weighted by atomic mass is 10.2. The van der Waals surface area contributed by atoms with Gasteiger partial charge >= 0.3 is 0 Å². The summed E-state index contributed by atoms with van der Waals surface area (Å²) in [6.07, 6.45) is 0. The van der Waals surface area contributed by atoms with Gasteiger partial charge in [0.1, 0.15) is 6.07 Å². The van der Waals surface area contributed by atoms with Crippen molar-refractivity contribution in [3.05, 3.63) is 17.5 Å². The molecule has 1 rings (SSSR count). The van der Waals surface area contributed by atoms with Crippen molar-refractivity contribution in [3.63, 3.8) is 0 Å². The maximum Gasteiger partial charge on any atom is 0.197 e. The topological polar surface area (TPSA) is 55.1 Å². The average molecular weight is 178 g/mol. The molecule has 0 unspecified atom stereocenters. The monoisotopic (exact) mass is 178 g/mol. The number of methoxy groups -OCH3 is 2. The smallest absolute Gasteiger partial charge is 0.197 e. The molecule has 0 atom stereocenters. The van der Waals surface area contributed by atoms with E-state index in [0.717, 1.165) is 5.69 Å². The second kappa shape index (κ2) is 3.76. The van der Waals surface area contributed by atoms with Crippen molar-refractivity contribution in [1.82, 2.24) is 4.98 Å². The molecule has 13 heavy (non-hydrogen) atoms. The van der Waals surface area contributed by atoms with Crippen LogP contribution in [0.4, 0.5) is 0 Å². The van der Waals surface area contributed by atoms with Crippen molar-refractivity contribution >= 4 is 0 Å². The van der Waals surface area contributed by atoms with Gasteiger partial charge in [-0.05, 0) is 6.92 Å². The van der Waals surface area contributed by atoms with Crippen LogP contribution in [0.5, 0.6) is 11.5 Å². The third-order valence-electron chi connectivity index (χ3n) is 1.60. The summed E-state index contributed by atoms with van der Waals surface area (Å²) in [5, 5.41) is 8.75. The van der Waals surface area contributed by atoms with Crippen molar-refractivity contribution in [2.24, 2.45) is 0 Å². The zero-order valence-corrected chi connectivity index (χ0v) is 7.79.